The van der Waals surface area contributed by atoms with Crippen LogP contribution in [-0.4, -0.2) is 23.5 Å². The maximum atomic E-state index is 13.0. The van der Waals surface area contributed by atoms with Gasteiger partial charge in [0.25, 0.3) is 5.91 Å². The number of para-hydroxylation sites is 1. The van der Waals surface area contributed by atoms with E-state index in [2.05, 4.69) is 10.6 Å². The lowest BCUT2D eigenvalue weighted by Crippen LogP contribution is -2.33. The quantitative estimate of drug-likeness (QED) is 0.809. The van der Waals surface area contributed by atoms with Gasteiger partial charge in [-0.15, -0.1) is 0 Å². The van der Waals surface area contributed by atoms with E-state index < -0.39 is 23.4 Å². The van der Waals surface area contributed by atoms with Gasteiger partial charge < -0.3 is 15.7 Å². The number of aryl methyl sites for hydroxylation is 1. The Morgan fingerprint density at radius 2 is 1.87 bits per heavy atom. The molecule has 0 unspecified atom stereocenters. The molecule has 23 heavy (non-hydrogen) atoms. The highest BCUT2D eigenvalue weighted by molar-refractivity contribution is 6.01. The van der Waals surface area contributed by atoms with Gasteiger partial charge in [0.05, 0.1) is 12.1 Å². The summed E-state index contributed by atoms with van der Waals surface area (Å²) in [5.74, 6) is -3.50. The summed E-state index contributed by atoms with van der Waals surface area (Å²) in [6.45, 7) is 1.26. The number of benzene rings is 2. The molecule has 0 aromatic heterocycles. The van der Waals surface area contributed by atoms with E-state index in [4.69, 9.17) is 0 Å². The van der Waals surface area contributed by atoms with Crippen LogP contribution in [0, 0.1) is 18.6 Å². The molecule has 0 atom stereocenters. The molecule has 0 radical (unpaired) electrons. The van der Waals surface area contributed by atoms with Crippen molar-refractivity contribution in [1.29, 1.82) is 0 Å². The normalized spacial score (nSPS) is 10.2. The molecule has 7 heteroatoms. The SMILES string of the molecule is Cc1cccc(C(=O)NCC(=O)Nc2ccc(F)c(F)c2)c1O. The third-order valence-corrected chi connectivity index (χ3v) is 3.10. The number of phenols is 1. The van der Waals surface area contributed by atoms with E-state index in [1.807, 2.05) is 0 Å². The van der Waals surface area contributed by atoms with Crippen molar-refractivity contribution < 1.29 is 23.5 Å². The second-order valence-electron chi connectivity index (χ2n) is 4.83. The van der Waals surface area contributed by atoms with Crippen LogP contribution in [0.3, 0.4) is 0 Å². The first kappa shape index (κ1) is 16.4. The number of halogens is 2. The van der Waals surface area contributed by atoms with E-state index in [1.165, 1.54) is 12.1 Å². The van der Waals surface area contributed by atoms with Crippen molar-refractivity contribution >= 4 is 17.5 Å². The molecule has 5 nitrogen and oxygen atoms in total. The zero-order chi connectivity index (χ0) is 17.0. The first-order valence-electron chi connectivity index (χ1n) is 6.70. The van der Waals surface area contributed by atoms with Gasteiger partial charge in [0.1, 0.15) is 5.75 Å². The van der Waals surface area contributed by atoms with Gasteiger partial charge >= 0.3 is 0 Å². The zero-order valence-electron chi connectivity index (χ0n) is 12.2. The van der Waals surface area contributed by atoms with Crippen molar-refractivity contribution in [2.24, 2.45) is 0 Å². The lowest BCUT2D eigenvalue weighted by Gasteiger charge is -2.09. The van der Waals surface area contributed by atoms with E-state index in [9.17, 15) is 23.5 Å². The molecule has 0 aliphatic carbocycles. The van der Waals surface area contributed by atoms with E-state index in [0.717, 1.165) is 12.1 Å². The molecule has 3 N–H and O–H groups in total. The molecule has 0 aliphatic heterocycles. The van der Waals surface area contributed by atoms with Crippen molar-refractivity contribution in [2.75, 3.05) is 11.9 Å². The molecule has 2 aromatic rings. The fourth-order valence-corrected chi connectivity index (χ4v) is 1.88. The van der Waals surface area contributed by atoms with Gasteiger partial charge in [-0.2, -0.15) is 0 Å². The monoisotopic (exact) mass is 320 g/mol. The summed E-state index contributed by atoms with van der Waals surface area (Å²) in [4.78, 5) is 23.6. The van der Waals surface area contributed by atoms with Crippen LogP contribution >= 0.6 is 0 Å². The van der Waals surface area contributed by atoms with E-state index >= 15 is 0 Å². The van der Waals surface area contributed by atoms with Crippen molar-refractivity contribution in [3.63, 3.8) is 0 Å². The number of aromatic hydroxyl groups is 1. The fraction of sp³-hybridized carbons (Fsp3) is 0.125. The van der Waals surface area contributed by atoms with Crippen molar-refractivity contribution in [2.45, 2.75) is 6.92 Å². The minimum atomic E-state index is -1.09. The van der Waals surface area contributed by atoms with Crippen LogP contribution in [0.4, 0.5) is 14.5 Å². The largest absolute Gasteiger partial charge is 0.507 e. The van der Waals surface area contributed by atoms with Crippen LogP contribution in [0.2, 0.25) is 0 Å². The summed E-state index contributed by atoms with van der Waals surface area (Å²) >= 11 is 0. The molecule has 0 saturated carbocycles. The lowest BCUT2D eigenvalue weighted by atomic mass is 10.1. The molecule has 0 fully saturated rings. The molecule has 120 valence electrons. The second kappa shape index (κ2) is 6.87. The van der Waals surface area contributed by atoms with Gasteiger partial charge in [-0.3, -0.25) is 9.59 Å². The smallest absolute Gasteiger partial charge is 0.255 e. The zero-order valence-corrected chi connectivity index (χ0v) is 12.2. The Labute approximate surface area is 130 Å². The van der Waals surface area contributed by atoms with Gasteiger partial charge in [0.15, 0.2) is 11.6 Å². The number of hydrogen-bond donors (Lipinski definition) is 3. The van der Waals surface area contributed by atoms with Gasteiger partial charge in [0, 0.05) is 11.8 Å². The predicted molar refractivity (Wildman–Crippen MR) is 80.2 cm³/mol. The Balaban J connectivity index is 1.94. The first-order valence-corrected chi connectivity index (χ1v) is 6.70. The Morgan fingerprint density at radius 3 is 2.57 bits per heavy atom. The van der Waals surface area contributed by atoms with Crippen LogP contribution in [0.1, 0.15) is 15.9 Å². The van der Waals surface area contributed by atoms with Gasteiger partial charge in [-0.1, -0.05) is 12.1 Å². The standard InChI is InChI=1S/C16H14F2N2O3/c1-9-3-2-4-11(15(9)22)16(23)19-8-14(21)20-10-5-6-12(17)13(18)7-10/h2-7,22H,8H2,1H3,(H,19,23)(H,20,21). The Bertz CT molecular complexity index is 763. The van der Waals surface area contributed by atoms with Crippen molar-refractivity contribution in [3.05, 3.63) is 59.2 Å². The molecule has 0 bridgehead atoms. The third-order valence-electron chi connectivity index (χ3n) is 3.10. The van der Waals surface area contributed by atoms with Crippen molar-refractivity contribution in [1.82, 2.24) is 5.32 Å². The molecular weight excluding hydrogens is 306 g/mol. The van der Waals surface area contributed by atoms with Crippen molar-refractivity contribution in [3.8, 4) is 5.75 Å². The number of carbonyl (C=O) groups is 2. The molecule has 0 heterocycles. The minimum Gasteiger partial charge on any atom is -0.507 e. The Kier molecular flexibility index (Phi) is 4.90. The number of anilines is 1. The first-order chi connectivity index (χ1) is 10.9. The highest BCUT2D eigenvalue weighted by atomic mass is 19.2. The molecular formula is C16H14F2N2O3. The summed E-state index contributed by atoms with van der Waals surface area (Å²) in [5, 5.41) is 14.4. The van der Waals surface area contributed by atoms with Crippen LogP contribution in [0.15, 0.2) is 36.4 Å². The highest BCUT2D eigenvalue weighted by Crippen LogP contribution is 2.21. The van der Waals surface area contributed by atoms with Crippen LogP contribution in [0.25, 0.3) is 0 Å². The van der Waals surface area contributed by atoms with Gasteiger partial charge in [-0.05, 0) is 30.7 Å². The third kappa shape index (κ3) is 4.03. The number of phenolic OH excluding ortho intramolecular Hbond substituents is 1. The number of nitrogens with one attached hydrogen (secondary N) is 2. The Hall–Kier alpha value is -2.96. The molecule has 0 spiro atoms. The molecule has 0 aliphatic rings. The maximum Gasteiger partial charge on any atom is 0.255 e. The lowest BCUT2D eigenvalue weighted by molar-refractivity contribution is -0.115. The molecule has 0 saturated heterocycles. The average Bonchev–Trinajstić information content (AvgIpc) is 2.51. The van der Waals surface area contributed by atoms with Gasteiger partial charge in [-0.25, -0.2) is 8.78 Å². The summed E-state index contributed by atoms with van der Waals surface area (Å²) in [5.41, 5.74) is 0.649. The molecule has 2 aromatic carbocycles. The summed E-state index contributed by atoms with van der Waals surface area (Å²) < 4.78 is 25.8. The fourth-order valence-electron chi connectivity index (χ4n) is 1.88. The maximum absolute atomic E-state index is 13.0. The molecule has 2 rings (SSSR count). The minimum absolute atomic E-state index is 0.0469. The topological polar surface area (TPSA) is 78.4 Å². The molecule has 2 amide bonds. The average molecular weight is 320 g/mol. The summed E-state index contributed by atoms with van der Waals surface area (Å²) in [7, 11) is 0. The van der Waals surface area contributed by atoms with E-state index in [-0.39, 0.29) is 23.5 Å². The number of rotatable bonds is 4. The Morgan fingerprint density at radius 1 is 1.13 bits per heavy atom. The predicted octanol–water partition coefficient (Wildman–Crippen LogP) is 2.35. The van der Waals surface area contributed by atoms with E-state index in [0.29, 0.717) is 5.56 Å². The number of amides is 2. The van der Waals surface area contributed by atoms with Crippen LogP contribution in [0.5, 0.6) is 5.75 Å². The summed E-state index contributed by atoms with van der Waals surface area (Å²) in [6.07, 6.45) is 0. The summed E-state index contributed by atoms with van der Waals surface area (Å²) in [6, 6.07) is 7.58. The van der Waals surface area contributed by atoms with Gasteiger partial charge in [0.2, 0.25) is 5.91 Å². The number of carbonyl (C=O) groups excluding carboxylic acids is 2. The second-order valence-corrected chi connectivity index (χ2v) is 4.83. The van der Waals surface area contributed by atoms with E-state index in [1.54, 1.807) is 19.1 Å². The number of hydrogen-bond acceptors (Lipinski definition) is 3. The van der Waals surface area contributed by atoms with Crippen LogP contribution in [-0.2, 0) is 4.79 Å². The van der Waals surface area contributed by atoms with Crippen LogP contribution < -0.4 is 10.6 Å². The highest BCUT2D eigenvalue weighted by Gasteiger charge is 2.13.